The van der Waals surface area contributed by atoms with Gasteiger partial charge in [0.1, 0.15) is 0 Å². The number of hydrogen-bond acceptors (Lipinski definition) is 2. The lowest BCUT2D eigenvalue weighted by atomic mass is 10.2. The van der Waals surface area contributed by atoms with Gasteiger partial charge in [-0.3, -0.25) is 4.79 Å². The zero-order chi connectivity index (χ0) is 12.8. The van der Waals surface area contributed by atoms with Gasteiger partial charge in [0.05, 0.1) is 0 Å². The number of carbonyl (C=O) groups excluding carboxylic acids is 1. The first-order chi connectivity index (χ1) is 8.02. The topological polar surface area (TPSA) is 36.2 Å². The fraction of sp³-hybridized carbons (Fsp3) is 0.538. The summed E-state index contributed by atoms with van der Waals surface area (Å²) in [5, 5.41) is 2.95. The Balaban J connectivity index is 2.54. The molecular weight excluding hydrogens is 214 g/mol. The van der Waals surface area contributed by atoms with Gasteiger partial charge in [-0.1, -0.05) is 6.92 Å². The largest absolute Gasteiger partial charge is 0.377 e. The molecule has 0 aliphatic rings. The highest BCUT2D eigenvalue weighted by molar-refractivity contribution is 5.74. The van der Waals surface area contributed by atoms with E-state index in [1.807, 2.05) is 55.0 Å². The molecule has 1 rings (SSSR count). The van der Waals surface area contributed by atoms with Gasteiger partial charge in [0.25, 0.3) is 5.91 Å². The lowest BCUT2D eigenvalue weighted by Crippen LogP contribution is -2.44. The Morgan fingerprint density at radius 1 is 1.41 bits per heavy atom. The molecule has 0 saturated heterocycles. The highest BCUT2D eigenvalue weighted by atomic mass is 16.2. The van der Waals surface area contributed by atoms with Gasteiger partial charge in [0, 0.05) is 38.0 Å². The Morgan fingerprint density at radius 2 is 2.00 bits per heavy atom. The second-order valence-corrected chi connectivity index (χ2v) is 4.50. The van der Waals surface area contributed by atoms with Crippen molar-refractivity contribution in [3.63, 3.8) is 0 Å². The summed E-state index contributed by atoms with van der Waals surface area (Å²) < 4.78 is 1.88. The smallest absolute Gasteiger partial charge is 0.286 e. The van der Waals surface area contributed by atoms with Crippen LogP contribution in [0, 0.1) is 0 Å². The van der Waals surface area contributed by atoms with Crippen LogP contribution in [-0.4, -0.2) is 26.0 Å². The van der Waals surface area contributed by atoms with E-state index in [0.29, 0.717) is 6.54 Å². The lowest BCUT2D eigenvalue weighted by Gasteiger charge is -2.11. The Kier molecular flexibility index (Phi) is 4.94. The van der Waals surface area contributed by atoms with E-state index in [1.54, 1.807) is 0 Å². The number of rotatable bonds is 5. The minimum absolute atomic E-state index is 0.0574. The Morgan fingerprint density at radius 3 is 2.47 bits per heavy atom. The van der Waals surface area contributed by atoms with Crippen LogP contribution in [0.1, 0.15) is 20.3 Å². The third-order valence-corrected chi connectivity index (χ3v) is 2.74. The van der Waals surface area contributed by atoms with Crippen LogP contribution >= 0.6 is 0 Å². The van der Waals surface area contributed by atoms with Crippen LogP contribution in [0.25, 0.3) is 0 Å². The molecule has 1 aromatic rings. The number of anilines is 1. The van der Waals surface area contributed by atoms with Crippen molar-refractivity contribution >= 4 is 11.6 Å². The summed E-state index contributed by atoms with van der Waals surface area (Å²) in [7, 11) is 3.99. The number of hydrogen-bond donors (Lipinski definition) is 1. The van der Waals surface area contributed by atoms with Gasteiger partial charge in [-0.05, 0) is 13.3 Å². The summed E-state index contributed by atoms with van der Waals surface area (Å²) in [6, 6.07) is 4.23. The van der Waals surface area contributed by atoms with Crippen LogP contribution in [0.4, 0.5) is 5.69 Å². The summed E-state index contributed by atoms with van der Waals surface area (Å²) in [6.45, 7) is 4.44. The van der Waals surface area contributed by atoms with Crippen LogP contribution in [0.15, 0.2) is 24.5 Å². The van der Waals surface area contributed by atoms with E-state index in [-0.39, 0.29) is 11.9 Å². The van der Waals surface area contributed by atoms with E-state index >= 15 is 0 Å². The molecule has 0 aliphatic carbocycles. The summed E-state index contributed by atoms with van der Waals surface area (Å²) in [5.74, 6) is 0.0574. The van der Waals surface area contributed by atoms with Gasteiger partial charge < -0.3 is 10.2 Å². The molecule has 1 N–H and O–H groups in total. The number of carbonyl (C=O) groups is 1. The maximum atomic E-state index is 11.7. The Hall–Kier alpha value is -1.58. The van der Waals surface area contributed by atoms with Crippen LogP contribution < -0.4 is 14.8 Å². The Labute approximate surface area is 103 Å². The number of pyridine rings is 1. The first-order valence-electron chi connectivity index (χ1n) is 5.98. The van der Waals surface area contributed by atoms with E-state index in [4.69, 9.17) is 0 Å². The molecule has 17 heavy (non-hydrogen) atoms. The normalized spacial score (nSPS) is 12.0. The molecule has 4 heteroatoms. The average Bonchev–Trinajstić information content (AvgIpc) is 2.29. The van der Waals surface area contributed by atoms with E-state index in [0.717, 1.165) is 12.1 Å². The third kappa shape index (κ3) is 4.43. The van der Waals surface area contributed by atoms with E-state index in [1.165, 1.54) is 0 Å². The summed E-state index contributed by atoms with van der Waals surface area (Å²) in [4.78, 5) is 13.7. The summed E-state index contributed by atoms with van der Waals surface area (Å²) >= 11 is 0. The lowest BCUT2D eigenvalue weighted by molar-refractivity contribution is -0.684. The fourth-order valence-electron chi connectivity index (χ4n) is 1.44. The van der Waals surface area contributed by atoms with Crippen molar-refractivity contribution in [2.45, 2.75) is 32.9 Å². The third-order valence-electron chi connectivity index (χ3n) is 2.74. The second kappa shape index (κ2) is 6.23. The van der Waals surface area contributed by atoms with Gasteiger partial charge in [-0.2, -0.15) is 4.57 Å². The summed E-state index contributed by atoms with van der Waals surface area (Å²) in [5.41, 5.74) is 1.13. The van der Waals surface area contributed by atoms with Crippen LogP contribution in [0.5, 0.6) is 0 Å². The number of nitrogens with zero attached hydrogens (tertiary/aromatic N) is 2. The molecule has 1 heterocycles. The number of nitrogens with one attached hydrogen (secondary N) is 1. The van der Waals surface area contributed by atoms with Crippen molar-refractivity contribution in [1.29, 1.82) is 0 Å². The zero-order valence-electron chi connectivity index (χ0n) is 11.1. The molecule has 94 valence electrons. The zero-order valence-corrected chi connectivity index (χ0v) is 11.1. The monoisotopic (exact) mass is 236 g/mol. The fourth-order valence-corrected chi connectivity index (χ4v) is 1.44. The standard InChI is InChI=1S/C13H21N3O/c1-5-11(2)14-13(17)10-16-8-6-12(7-9-16)15(3)4/h6-9,11H,5,10H2,1-4H3/p+1/t11-/m1/s1. The van der Waals surface area contributed by atoms with Crippen LogP contribution in [-0.2, 0) is 11.3 Å². The van der Waals surface area contributed by atoms with Gasteiger partial charge in [-0.25, -0.2) is 0 Å². The van der Waals surface area contributed by atoms with Crippen molar-refractivity contribution < 1.29 is 9.36 Å². The SMILES string of the molecule is CC[C@@H](C)NC(=O)C[n+]1ccc(N(C)C)cc1. The minimum atomic E-state index is 0.0574. The van der Waals surface area contributed by atoms with Crippen molar-refractivity contribution in [2.24, 2.45) is 0 Å². The van der Waals surface area contributed by atoms with Gasteiger partial charge in [-0.15, -0.1) is 0 Å². The molecule has 0 radical (unpaired) electrons. The predicted molar refractivity (Wildman–Crippen MR) is 68.9 cm³/mol. The quantitative estimate of drug-likeness (QED) is 0.773. The first kappa shape index (κ1) is 13.5. The molecule has 0 fully saturated rings. The average molecular weight is 236 g/mol. The van der Waals surface area contributed by atoms with E-state index < -0.39 is 0 Å². The molecule has 1 atom stereocenters. The van der Waals surface area contributed by atoms with Gasteiger partial charge in [0.15, 0.2) is 12.4 Å². The van der Waals surface area contributed by atoms with Crippen molar-refractivity contribution in [2.75, 3.05) is 19.0 Å². The van der Waals surface area contributed by atoms with Gasteiger partial charge in [0.2, 0.25) is 6.54 Å². The highest BCUT2D eigenvalue weighted by Crippen LogP contribution is 2.05. The van der Waals surface area contributed by atoms with Crippen molar-refractivity contribution in [1.82, 2.24) is 5.32 Å². The van der Waals surface area contributed by atoms with Crippen LogP contribution in [0.2, 0.25) is 0 Å². The predicted octanol–water partition coefficient (Wildman–Crippen LogP) is 0.955. The molecule has 4 nitrogen and oxygen atoms in total. The molecule has 1 amide bonds. The molecule has 0 aliphatic heterocycles. The second-order valence-electron chi connectivity index (χ2n) is 4.50. The number of aromatic nitrogens is 1. The summed E-state index contributed by atoms with van der Waals surface area (Å²) in [6.07, 6.45) is 4.80. The minimum Gasteiger partial charge on any atom is -0.377 e. The van der Waals surface area contributed by atoms with E-state index in [9.17, 15) is 4.79 Å². The van der Waals surface area contributed by atoms with Crippen molar-refractivity contribution in [3.8, 4) is 0 Å². The first-order valence-corrected chi connectivity index (χ1v) is 5.98. The maximum absolute atomic E-state index is 11.7. The molecule has 0 unspecified atom stereocenters. The maximum Gasteiger partial charge on any atom is 0.286 e. The number of amides is 1. The molecule has 0 bridgehead atoms. The highest BCUT2D eigenvalue weighted by Gasteiger charge is 2.11. The molecule has 1 aromatic heterocycles. The molecule has 0 aromatic carbocycles. The molecule has 0 saturated carbocycles. The van der Waals surface area contributed by atoms with Crippen molar-refractivity contribution in [3.05, 3.63) is 24.5 Å². The van der Waals surface area contributed by atoms with E-state index in [2.05, 4.69) is 12.2 Å². The van der Waals surface area contributed by atoms with Gasteiger partial charge >= 0.3 is 0 Å². The molecule has 0 spiro atoms. The van der Waals surface area contributed by atoms with Crippen LogP contribution in [0.3, 0.4) is 0 Å². The Bertz CT molecular complexity index is 359. The molecular formula is C13H22N3O+.